The van der Waals surface area contributed by atoms with Gasteiger partial charge >= 0.3 is 0 Å². The average molecular weight is 550 g/mol. The highest BCUT2D eigenvalue weighted by molar-refractivity contribution is 7.89. The van der Waals surface area contributed by atoms with Crippen LogP contribution in [-0.2, 0) is 23.0 Å². The van der Waals surface area contributed by atoms with Crippen molar-refractivity contribution in [3.8, 4) is 5.69 Å². The van der Waals surface area contributed by atoms with Crippen molar-refractivity contribution in [3.05, 3.63) is 82.6 Å². The topological polar surface area (TPSA) is 128 Å². The molecule has 0 aliphatic carbocycles. The van der Waals surface area contributed by atoms with Gasteiger partial charge in [-0.1, -0.05) is 18.2 Å². The highest BCUT2D eigenvalue weighted by Crippen LogP contribution is 2.30. The maximum Gasteiger partial charge on any atom is 0.278 e. The summed E-state index contributed by atoms with van der Waals surface area (Å²) in [5.74, 6) is 0.299. The van der Waals surface area contributed by atoms with Gasteiger partial charge in [-0.15, -0.1) is 17.9 Å². The molecule has 0 aliphatic rings. The molecule has 10 nitrogen and oxygen atoms in total. The molecule has 0 aliphatic heterocycles. The van der Waals surface area contributed by atoms with Crippen LogP contribution in [0.4, 0.5) is 11.6 Å². The number of nitrogens with two attached hydrogens (primary N) is 1. The number of primary sulfonamides is 1. The van der Waals surface area contributed by atoms with Crippen molar-refractivity contribution >= 4 is 54.1 Å². The molecule has 2 aromatic carbocycles. The predicted octanol–water partition coefficient (Wildman–Crippen LogP) is 3.48. The van der Waals surface area contributed by atoms with Crippen LogP contribution in [0.3, 0.4) is 0 Å². The van der Waals surface area contributed by atoms with Gasteiger partial charge in [0.1, 0.15) is 5.39 Å². The summed E-state index contributed by atoms with van der Waals surface area (Å²) in [6.45, 7) is 4.90. The fraction of sp³-hybridized carbons (Fsp3) is 0.192. The zero-order valence-electron chi connectivity index (χ0n) is 21.0. The van der Waals surface area contributed by atoms with E-state index in [1.807, 2.05) is 6.07 Å². The highest BCUT2D eigenvalue weighted by Gasteiger charge is 2.19. The number of aromatic nitrogens is 4. The smallest absolute Gasteiger partial charge is 0.278 e. The second-order valence-corrected chi connectivity index (χ2v) is 11.6. The first-order valence-electron chi connectivity index (χ1n) is 11.8. The number of likely N-dealkylation sites (N-methyl/N-ethyl adjacent to an activating group) is 1. The monoisotopic (exact) mass is 549 g/mol. The maximum absolute atomic E-state index is 13.2. The molecule has 3 N–H and O–H groups in total. The number of anilines is 2. The Bertz CT molecular complexity index is 1840. The van der Waals surface area contributed by atoms with Gasteiger partial charge in [-0.05, 0) is 67.2 Å². The number of nitrogens with one attached hydrogen (secondary N) is 1. The molecule has 0 bridgehead atoms. The van der Waals surface area contributed by atoms with Gasteiger partial charge in [0, 0.05) is 23.1 Å². The van der Waals surface area contributed by atoms with Crippen LogP contribution >= 0.6 is 11.3 Å². The van der Waals surface area contributed by atoms with Crippen molar-refractivity contribution in [2.45, 2.75) is 17.9 Å². The lowest BCUT2D eigenvalue weighted by Crippen LogP contribution is -2.22. The van der Waals surface area contributed by atoms with Gasteiger partial charge < -0.3 is 10.2 Å². The Kier molecular flexibility index (Phi) is 6.88. The van der Waals surface area contributed by atoms with E-state index in [4.69, 9.17) is 5.14 Å². The number of hydrogen-bond acceptors (Lipinski definition) is 8. The summed E-state index contributed by atoms with van der Waals surface area (Å²) in [6, 6.07) is 12.2. The molecule has 0 unspecified atom stereocenters. The summed E-state index contributed by atoms with van der Waals surface area (Å²) in [5.41, 5.74) is 2.55. The van der Waals surface area contributed by atoms with Gasteiger partial charge in [0.2, 0.25) is 16.0 Å². The zero-order valence-corrected chi connectivity index (χ0v) is 22.6. The van der Waals surface area contributed by atoms with Gasteiger partial charge in [-0.25, -0.2) is 27.9 Å². The van der Waals surface area contributed by atoms with Crippen LogP contribution in [-0.4, -0.2) is 53.3 Å². The van der Waals surface area contributed by atoms with E-state index >= 15 is 0 Å². The second-order valence-electron chi connectivity index (χ2n) is 9.11. The zero-order chi connectivity index (χ0) is 27.0. The van der Waals surface area contributed by atoms with Gasteiger partial charge in [0.05, 0.1) is 17.1 Å². The number of hydrogen-bond donors (Lipinski definition) is 2. The predicted molar refractivity (Wildman–Crippen MR) is 152 cm³/mol. The van der Waals surface area contributed by atoms with E-state index in [-0.39, 0.29) is 22.4 Å². The fourth-order valence-corrected chi connectivity index (χ4v) is 5.85. The van der Waals surface area contributed by atoms with Crippen molar-refractivity contribution in [2.75, 3.05) is 26.0 Å². The maximum atomic E-state index is 13.2. The first kappa shape index (κ1) is 25.8. The van der Waals surface area contributed by atoms with Gasteiger partial charge in [0.15, 0.2) is 5.65 Å². The van der Waals surface area contributed by atoms with Gasteiger partial charge in [0.25, 0.3) is 5.56 Å². The molecule has 0 saturated carbocycles. The second kappa shape index (κ2) is 10.1. The minimum Gasteiger partial charge on any atom is -0.324 e. The minimum atomic E-state index is -3.95. The van der Waals surface area contributed by atoms with Gasteiger partial charge in [-0.2, -0.15) is 4.98 Å². The van der Waals surface area contributed by atoms with Crippen LogP contribution < -0.4 is 16.0 Å². The molecular weight excluding hydrogens is 522 g/mol. The quantitative estimate of drug-likeness (QED) is 0.269. The normalized spacial score (nSPS) is 12.0. The third-order valence-corrected chi connectivity index (χ3v) is 8.01. The molecule has 38 heavy (non-hydrogen) atoms. The van der Waals surface area contributed by atoms with Gasteiger partial charge in [-0.3, -0.25) is 4.79 Å². The van der Waals surface area contributed by atoms with Crippen LogP contribution in [0.2, 0.25) is 0 Å². The number of thiophene rings is 1. The average Bonchev–Trinajstić information content (AvgIpc) is 3.40. The lowest BCUT2D eigenvalue weighted by molar-refractivity contribution is 0.414. The third-order valence-electron chi connectivity index (χ3n) is 6.11. The van der Waals surface area contributed by atoms with Crippen molar-refractivity contribution in [2.24, 2.45) is 5.14 Å². The van der Waals surface area contributed by atoms with Crippen molar-refractivity contribution in [1.82, 2.24) is 24.2 Å². The Morgan fingerprint density at radius 1 is 1.18 bits per heavy atom. The molecule has 0 radical (unpaired) electrons. The van der Waals surface area contributed by atoms with E-state index in [1.54, 1.807) is 34.2 Å². The SMILES string of the molecule is C=CCn1c(=O)c2cnc(Nc3ccc4c(CCN(C)C)csc4c3)nc2n1-c1cccc(S(N)(=O)=O)c1. The fourth-order valence-electron chi connectivity index (χ4n) is 4.26. The van der Waals surface area contributed by atoms with Crippen LogP contribution in [0.15, 0.2) is 76.4 Å². The summed E-state index contributed by atoms with van der Waals surface area (Å²) in [7, 11) is 0.184. The Labute approximate surface area is 223 Å². The molecule has 0 spiro atoms. The number of benzene rings is 2. The number of nitrogens with zero attached hydrogens (tertiary/aromatic N) is 5. The number of rotatable bonds is 9. The molecule has 0 saturated heterocycles. The van der Waals surface area contributed by atoms with E-state index < -0.39 is 10.0 Å². The van der Waals surface area contributed by atoms with E-state index in [0.717, 1.165) is 23.4 Å². The van der Waals surface area contributed by atoms with Crippen molar-refractivity contribution < 1.29 is 8.42 Å². The molecule has 0 amide bonds. The van der Waals surface area contributed by atoms with Crippen LogP contribution in [0.1, 0.15) is 5.56 Å². The number of fused-ring (bicyclic) bond motifs is 2. The summed E-state index contributed by atoms with van der Waals surface area (Å²) < 4.78 is 28.1. The van der Waals surface area contributed by atoms with Crippen LogP contribution in [0, 0.1) is 0 Å². The molecule has 196 valence electrons. The Morgan fingerprint density at radius 3 is 2.74 bits per heavy atom. The van der Waals surface area contributed by atoms with Crippen LogP contribution in [0.25, 0.3) is 26.8 Å². The summed E-state index contributed by atoms with van der Waals surface area (Å²) in [5, 5.41) is 12.3. The Hall–Kier alpha value is -3.84. The first-order chi connectivity index (χ1) is 18.2. The van der Waals surface area contributed by atoms with E-state index in [0.29, 0.717) is 17.3 Å². The third kappa shape index (κ3) is 4.98. The molecule has 0 atom stereocenters. The van der Waals surface area contributed by atoms with E-state index in [1.165, 1.54) is 34.0 Å². The number of sulfonamides is 1. The Balaban J connectivity index is 1.56. The molecule has 5 aromatic rings. The summed E-state index contributed by atoms with van der Waals surface area (Å²) in [6.07, 6.45) is 4.02. The van der Waals surface area contributed by atoms with E-state index in [9.17, 15) is 13.2 Å². The number of allylic oxidation sites excluding steroid dienone is 1. The molecule has 3 aromatic heterocycles. The Morgan fingerprint density at radius 2 is 2.00 bits per heavy atom. The van der Waals surface area contributed by atoms with Crippen LogP contribution in [0.5, 0.6) is 0 Å². The largest absolute Gasteiger partial charge is 0.324 e. The minimum absolute atomic E-state index is 0.0731. The molecular formula is C26H27N7O3S2. The lowest BCUT2D eigenvalue weighted by atomic mass is 10.1. The van der Waals surface area contributed by atoms with Crippen molar-refractivity contribution in [1.29, 1.82) is 0 Å². The standard InChI is InChI=1S/C26H27N7O3S2/c1-4-11-32-25(34)22-15-28-26(30-24(22)33(32)19-6-5-7-20(14-19)38(27,35)36)29-18-8-9-21-17(10-12-31(2)3)16-37-23(21)13-18/h4-9,13-16H,1,10-12H2,2-3H3,(H2,27,35,36)(H,28,29,30). The molecule has 0 fully saturated rings. The highest BCUT2D eigenvalue weighted by atomic mass is 32.2. The van der Waals surface area contributed by atoms with E-state index in [2.05, 4.69) is 58.4 Å². The van der Waals surface area contributed by atoms with Crippen molar-refractivity contribution in [3.63, 3.8) is 0 Å². The summed E-state index contributed by atoms with van der Waals surface area (Å²) >= 11 is 1.69. The summed E-state index contributed by atoms with van der Waals surface area (Å²) in [4.78, 5) is 24.3. The lowest BCUT2D eigenvalue weighted by Gasteiger charge is -2.12. The molecule has 5 rings (SSSR count). The first-order valence-corrected chi connectivity index (χ1v) is 14.2. The molecule has 3 heterocycles. The molecule has 12 heteroatoms.